The molecule has 1 fully saturated rings. The number of nitrogens with one attached hydrogen (secondary N) is 1. The van der Waals surface area contributed by atoms with Gasteiger partial charge in [0.1, 0.15) is 11.9 Å². The number of para-hydroxylation sites is 1. The summed E-state index contributed by atoms with van der Waals surface area (Å²) in [6.45, 7) is 8.98. The number of rotatable bonds is 7. The highest BCUT2D eigenvalue weighted by Crippen LogP contribution is 2.27. The number of fused-ring (bicyclic) bond motifs is 1. The van der Waals surface area contributed by atoms with Crippen molar-refractivity contribution >= 4 is 6.03 Å². The lowest BCUT2D eigenvalue weighted by Gasteiger charge is -2.34. The summed E-state index contributed by atoms with van der Waals surface area (Å²) in [4.78, 5) is 16.2. The first kappa shape index (κ1) is 18.1. The third-order valence-corrected chi connectivity index (χ3v) is 5.21. The van der Waals surface area contributed by atoms with Crippen molar-refractivity contribution in [2.24, 2.45) is 0 Å². The summed E-state index contributed by atoms with van der Waals surface area (Å²) in [6, 6.07) is 8.95. The number of hydrogen-bond donors (Lipinski definition) is 1. The molecule has 0 bridgehead atoms. The van der Waals surface area contributed by atoms with Crippen molar-refractivity contribution in [1.29, 1.82) is 0 Å². The van der Waals surface area contributed by atoms with Gasteiger partial charge >= 0.3 is 6.03 Å². The van der Waals surface area contributed by atoms with Gasteiger partial charge in [0.15, 0.2) is 0 Å². The summed E-state index contributed by atoms with van der Waals surface area (Å²) in [7, 11) is 0. The van der Waals surface area contributed by atoms with Crippen LogP contribution in [0.3, 0.4) is 0 Å². The Kier molecular flexibility index (Phi) is 6.19. The Bertz CT molecular complexity index is 576. The third-order valence-electron chi connectivity index (χ3n) is 5.21. The van der Waals surface area contributed by atoms with Gasteiger partial charge in [-0.3, -0.25) is 4.90 Å². The summed E-state index contributed by atoms with van der Waals surface area (Å²) >= 11 is 0. The predicted octanol–water partition coefficient (Wildman–Crippen LogP) is 2.90. The smallest absolute Gasteiger partial charge is 0.317 e. The van der Waals surface area contributed by atoms with E-state index in [2.05, 4.69) is 42.3 Å². The van der Waals surface area contributed by atoms with E-state index in [1.807, 2.05) is 11.0 Å². The van der Waals surface area contributed by atoms with Crippen molar-refractivity contribution in [2.45, 2.75) is 51.7 Å². The minimum Gasteiger partial charge on any atom is -0.489 e. The van der Waals surface area contributed by atoms with E-state index >= 15 is 0 Å². The molecule has 0 saturated carbocycles. The van der Waals surface area contributed by atoms with Gasteiger partial charge in [-0.25, -0.2) is 4.79 Å². The van der Waals surface area contributed by atoms with Crippen LogP contribution in [0.15, 0.2) is 24.3 Å². The Balaban J connectivity index is 1.47. The van der Waals surface area contributed by atoms with Gasteiger partial charge < -0.3 is 15.0 Å². The Morgan fingerprint density at radius 3 is 3.00 bits per heavy atom. The molecule has 1 saturated heterocycles. The number of aryl methyl sites for hydroxylation is 1. The third kappa shape index (κ3) is 4.88. The molecule has 25 heavy (non-hydrogen) atoms. The molecule has 2 aliphatic heterocycles. The van der Waals surface area contributed by atoms with Crippen LogP contribution < -0.4 is 10.1 Å². The zero-order valence-corrected chi connectivity index (χ0v) is 15.5. The molecule has 5 nitrogen and oxygen atoms in total. The average Bonchev–Trinajstić information content (AvgIpc) is 2.62. The van der Waals surface area contributed by atoms with Crippen molar-refractivity contribution < 1.29 is 9.53 Å². The lowest BCUT2D eigenvalue weighted by atomic mass is 10.0. The van der Waals surface area contributed by atoms with Gasteiger partial charge in [-0.05, 0) is 51.2 Å². The molecule has 1 aromatic carbocycles. The molecule has 0 aliphatic carbocycles. The van der Waals surface area contributed by atoms with Crippen LogP contribution in [0.1, 0.15) is 38.7 Å². The molecule has 2 amide bonds. The number of ether oxygens (including phenoxy) is 1. The van der Waals surface area contributed by atoms with E-state index in [9.17, 15) is 4.79 Å². The second kappa shape index (κ2) is 8.56. The molecule has 0 unspecified atom stereocenters. The van der Waals surface area contributed by atoms with E-state index in [-0.39, 0.29) is 12.1 Å². The lowest BCUT2D eigenvalue weighted by molar-refractivity contribution is 0.0941. The van der Waals surface area contributed by atoms with Gasteiger partial charge in [0.25, 0.3) is 0 Å². The first-order valence-electron chi connectivity index (χ1n) is 9.65. The fraction of sp³-hybridized carbons (Fsp3) is 0.650. The largest absolute Gasteiger partial charge is 0.489 e. The van der Waals surface area contributed by atoms with Crippen molar-refractivity contribution in [1.82, 2.24) is 15.1 Å². The minimum atomic E-state index is 0.0922. The van der Waals surface area contributed by atoms with Gasteiger partial charge in [-0.1, -0.05) is 18.2 Å². The van der Waals surface area contributed by atoms with Gasteiger partial charge in [-0.2, -0.15) is 0 Å². The monoisotopic (exact) mass is 345 g/mol. The lowest BCUT2D eigenvalue weighted by Crippen LogP contribution is -2.47. The number of urea groups is 1. The summed E-state index contributed by atoms with van der Waals surface area (Å²) in [6.07, 6.45) is 4.50. The van der Waals surface area contributed by atoms with Crippen LogP contribution in [0.5, 0.6) is 5.75 Å². The Morgan fingerprint density at radius 1 is 1.36 bits per heavy atom. The molecule has 0 radical (unpaired) electrons. The second-order valence-electron chi connectivity index (χ2n) is 7.40. The highest BCUT2D eigenvalue weighted by molar-refractivity contribution is 5.74. The first-order chi connectivity index (χ1) is 12.1. The predicted molar refractivity (Wildman–Crippen MR) is 100 cm³/mol. The number of carbonyl (C=O) groups is 1. The van der Waals surface area contributed by atoms with Crippen LogP contribution in [0.25, 0.3) is 0 Å². The van der Waals surface area contributed by atoms with E-state index in [4.69, 9.17) is 4.74 Å². The number of carbonyl (C=O) groups excluding carboxylic acids is 1. The molecule has 1 aromatic rings. The minimum absolute atomic E-state index is 0.0922. The van der Waals surface area contributed by atoms with Crippen LogP contribution >= 0.6 is 0 Å². The maximum absolute atomic E-state index is 11.8. The van der Waals surface area contributed by atoms with Crippen molar-refractivity contribution in [3.8, 4) is 5.75 Å². The second-order valence-corrected chi connectivity index (χ2v) is 7.40. The normalized spacial score (nSPS) is 20.4. The SMILES string of the molecule is CC(C)N(CCCN1CCCNC1=O)C[C@H]1CCc2ccccc2O1. The number of hydrogen-bond acceptors (Lipinski definition) is 3. The van der Waals surface area contributed by atoms with E-state index < -0.39 is 0 Å². The van der Waals surface area contributed by atoms with E-state index in [1.54, 1.807) is 0 Å². The van der Waals surface area contributed by atoms with Crippen LogP contribution in [0, 0.1) is 0 Å². The Labute approximate surface area is 151 Å². The fourth-order valence-corrected chi connectivity index (χ4v) is 3.69. The summed E-state index contributed by atoms with van der Waals surface area (Å²) in [5.74, 6) is 1.05. The maximum Gasteiger partial charge on any atom is 0.317 e. The molecule has 2 heterocycles. The molecular formula is C20H31N3O2. The number of amides is 2. The first-order valence-corrected chi connectivity index (χ1v) is 9.65. The molecule has 0 spiro atoms. The van der Waals surface area contributed by atoms with Gasteiger partial charge in [0.2, 0.25) is 0 Å². The van der Waals surface area contributed by atoms with Crippen LogP contribution in [0.4, 0.5) is 4.79 Å². The molecule has 5 heteroatoms. The average molecular weight is 345 g/mol. The summed E-state index contributed by atoms with van der Waals surface area (Å²) < 4.78 is 6.21. The number of nitrogens with zero attached hydrogens (tertiary/aromatic N) is 2. The van der Waals surface area contributed by atoms with Gasteiger partial charge in [0.05, 0.1) is 0 Å². The molecule has 1 atom stereocenters. The highest BCUT2D eigenvalue weighted by atomic mass is 16.5. The topological polar surface area (TPSA) is 44.8 Å². The zero-order chi connectivity index (χ0) is 17.6. The van der Waals surface area contributed by atoms with E-state index in [1.165, 1.54) is 5.56 Å². The summed E-state index contributed by atoms with van der Waals surface area (Å²) in [5, 5.41) is 2.92. The fourth-order valence-electron chi connectivity index (χ4n) is 3.69. The van der Waals surface area contributed by atoms with Crippen LogP contribution in [-0.4, -0.2) is 60.7 Å². The molecular weight excluding hydrogens is 314 g/mol. The molecule has 0 aromatic heterocycles. The Hall–Kier alpha value is -1.75. The maximum atomic E-state index is 11.8. The van der Waals surface area contributed by atoms with Crippen molar-refractivity contribution in [3.05, 3.63) is 29.8 Å². The molecule has 1 N–H and O–H groups in total. The van der Waals surface area contributed by atoms with Gasteiger partial charge in [0, 0.05) is 38.8 Å². The van der Waals surface area contributed by atoms with Crippen molar-refractivity contribution in [3.63, 3.8) is 0 Å². The van der Waals surface area contributed by atoms with Crippen LogP contribution in [0.2, 0.25) is 0 Å². The summed E-state index contributed by atoms with van der Waals surface area (Å²) in [5.41, 5.74) is 1.32. The molecule has 138 valence electrons. The van der Waals surface area contributed by atoms with E-state index in [0.717, 1.165) is 64.2 Å². The highest BCUT2D eigenvalue weighted by Gasteiger charge is 2.23. The molecule has 2 aliphatic rings. The number of benzene rings is 1. The quantitative estimate of drug-likeness (QED) is 0.826. The zero-order valence-electron chi connectivity index (χ0n) is 15.5. The van der Waals surface area contributed by atoms with Crippen LogP contribution in [-0.2, 0) is 6.42 Å². The Morgan fingerprint density at radius 2 is 2.20 bits per heavy atom. The van der Waals surface area contributed by atoms with E-state index in [0.29, 0.717) is 6.04 Å². The standard InChI is InChI=1S/C20H31N3O2/c1-16(2)23(14-6-13-22-12-5-11-21-20(22)24)15-18-10-9-17-7-3-4-8-19(17)25-18/h3-4,7-8,16,18H,5-6,9-15H2,1-2H3,(H,21,24)/t18-/m1/s1. The van der Waals surface area contributed by atoms with Crippen molar-refractivity contribution in [2.75, 3.05) is 32.7 Å². The molecule has 3 rings (SSSR count). The van der Waals surface area contributed by atoms with Gasteiger partial charge in [-0.15, -0.1) is 0 Å².